The number of benzene rings is 2. The topological polar surface area (TPSA) is 93.4 Å². The monoisotopic (exact) mass is 782 g/mol. The Morgan fingerprint density at radius 2 is 1.79 bits per heavy atom. The fourth-order valence-corrected chi connectivity index (χ4v) is 10.8. The summed E-state index contributed by atoms with van der Waals surface area (Å²) in [4.78, 5) is 15.1. The fraction of sp³-hybridized carbons (Fsp3) is 0.125. The fourth-order valence-electron chi connectivity index (χ4n) is 3.37. The Bertz CT molecular complexity index is 1390. The molecule has 0 radical (unpaired) electrons. The van der Waals surface area contributed by atoms with Gasteiger partial charge in [-0.25, -0.2) is 0 Å². The van der Waals surface area contributed by atoms with E-state index in [1.165, 1.54) is 26.5 Å². The van der Waals surface area contributed by atoms with Crippen LogP contribution in [0.3, 0.4) is 0 Å². The molecule has 0 bridgehead atoms. The van der Waals surface area contributed by atoms with Gasteiger partial charge in [0.2, 0.25) is 0 Å². The van der Waals surface area contributed by atoms with Crippen molar-refractivity contribution in [1.29, 1.82) is 0 Å². The molecule has 0 saturated heterocycles. The van der Waals surface area contributed by atoms with Crippen LogP contribution in [0.2, 0.25) is 0 Å². The summed E-state index contributed by atoms with van der Waals surface area (Å²) in [6.45, 7) is 2.11. The summed E-state index contributed by atoms with van der Waals surface area (Å²) in [5.41, 5.74) is 1.33. The first kappa shape index (κ1) is 25.0. The van der Waals surface area contributed by atoms with Gasteiger partial charge in [0, 0.05) is 0 Å². The number of nitro benzene ring substituents is 1. The summed E-state index contributed by atoms with van der Waals surface area (Å²) in [6, 6.07) is 18.1. The van der Waals surface area contributed by atoms with Gasteiger partial charge in [-0.15, -0.1) is 0 Å². The first-order valence-electron chi connectivity index (χ1n) is 10.2. The van der Waals surface area contributed by atoms with Crippen LogP contribution in [0.25, 0.3) is 11.3 Å². The number of para-hydroxylation sites is 2. The third kappa shape index (κ3) is 5.40. The van der Waals surface area contributed by atoms with E-state index in [0.717, 1.165) is 9.65 Å². The molecule has 1 aromatic heterocycles. The zero-order valence-corrected chi connectivity index (χ0v) is 24.2. The minimum atomic E-state index is -4.23. The van der Waals surface area contributed by atoms with Crippen LogP contribution in [0.1, 0.15) is 13.3 Å². The van der Waals surface area contributed by atoms with Crippen LogP contribution in [-0.2, 0) is 10.0 Å². The van der Waals surface area contributed by atoms with Crippen LogP contribution in [-0.4, -0.2) is 45.6 Å². The average Bonchev–Trinajstić information content (AvgIpc) is 2.84. The summed E-state index contributed by atoms with van der Waals surface area (Å²) in [5.74, 6) is 0. The van der Waals surface area contributed by atoms with E-state index in [2.05, 4.69) is 46.7 Å². The van der Waals surface area contributed by atoms with Crippen LogP contribution in [0.15, 0.2) is 99.3 Å². The van der Waals surface area contributed by atoms with Crippen molar-refractivity contribution in [3.63, 3.8) is 0 Å². The van der Waals surface area contributed by atoms with E-state index in [-0.39, 0.29) is 8.32 Å². The molecule has 0 fully saturated rings. The maximum absolute atomic E-state index is 14.0. The molecular weight excluding hydrogens is 762 g/mol. The summed E-state index contributed by atoms with van der Waals surface area (Å²) in [5, 5.41) is 11.7. The van der Waals surface area contributed by atoms with Crippen molar-refractivity contribution >= 4 is 67.8 Å². The number of rotatable bonds is 7. The van der Waals surface area contributed by atoms with Gasteiger partial charge in [-0.05, 0) is 0 Å². The number of nitrogens with zero attached hydrogens (tertiary/aromatic N) is 3. The Morgan fingerprint density at radius 1 is 1.09 bits per heavy atom. The molecule has 7 nitrogen and oxygen atoms in total. The van der Waals surface area contributed by atoms with E-state index in [0.29, 0.717) is 16.9 Å². The maximum atomic E-state index is 14.0. The number of pyridine rings is 1. The van der Waals surface area contributed by atoms with Crippen molar-refractivity contribution in [2.24, 2.45) is 0 Å². The van der Waals surface area contributed by atoms with E-state index in [9.17, 15) is 18.5 Å². The van der Waals surface area contributed by atoms with Crippen LogP contribution in [0.5, 0.6) is 0 Å². The van der Waals surface area contributed by atoms with Crippen LogP contribution in [0, 0.1) is 10.1 Å². The molecule has 1 atom stereocenters. The number of alkyl halides is 1. The number of sulfonamides is 1. The minimum absolute atomic E-state index is 0.0199. The quantitative estimate of drug-likeness (QED) is 0.137. The summed E-state index contributed by atoms with van der Waals surface area (Å²) < 4.78 is 30.4. The first-order chi connectivity index (χ1) is 16.2. The predicted molar refractivity (Wildman–Crippen MR) is 142 cm³/mol. The van der Waals surface area contributed by atoms with Crippen molar-refractivity contribution in [1.82, 2.24) is 4.98 Å². The van der Waals surface area contributed by atoms with Crippen LogP contribution < -0.4 is 2.20 Å². The number of aromatic nitrogens is 1. The van der Waals surface area contributed by atoms with Gasteiger partial charge in [-0.3, -0.25) is 0 Å². The van der Waals surface area contributed by atoms with Gasteiger partial charge in [-0.2, -0.15) is 0 Å². The van der Waals surface area contributed by atoms with Gasteiger partial charge >= 0.3 is 226 Å². The van der Waals surface area contributed by atoms with Crippen molar-refractivity contribution in [3.05, 3.63) is 105 Å². The molecule has 174 valence electrons. The van der Waals surface area contributed by atoms with E-state index < -0.39 is 44.5 Å². The molecule has 0 N–H and O–H groups in total. The zero-order valence-electron chi connectivity index (χ0n) is 18.0. The van der Waals surface area contributed by atoms with Crippen LogP contribution >= 0.6 is 22.6 Å². The van der Waals surface area contributed by atoms with Crippen molar-refractivity contribution in [2.45, 2.75) is 21.7 Å². The molecular formula is C24H20IN3O4PoS. The predicted octanol–water partition coefficient (Wildman–Crippen LogP) is 5.51. The van der Waals surface area contributed by atoms with E-state index in [1.807, 2.05) is 30.3 Å². The number of nitro groups is 1. The average molecular weight is 782 g/mol. The van der Waals surface area contributed by atoms with Gasteiger partial charge in [0.15, 0.2) is 0 Å². The molecule has 4 rings (SSSR count). The molecule has 1 unspecified atom stereocenters. The van der Waals surface area contributed by atoms with Gasteiger partial charge in [0.1, 0.15) is 0 Å². The molecule has 1 heterocycles. The Morgan fingerprint density at radius 3 is 2.47 bits per heavy atom. The zero-order chi connectivity index (χ0) is 24.3. The van der Waals surface area contributed by atoms with Crippen molar-refractivity contribution in [3.8, 4) is 11.3 Å². The van der Waals surface area contributed by atoms with Crippen LogP contribution in [0.4, 0.5) is 11.4 Å². The Balaban J connectivity index is 1.89. The molecule has 2 aromatic carbocycles. The van der Waals surface area contributed by atoms with E-state index >= 15 is 0 Å². The van der Waals surface area contributed by atoms with Crippen molar-refractivity contribution < 1.29 is 13.3 Å². The molecule has 0 aliphatic heterocycles. The first-order valence-corrected chi connectivity index (χ1v) is 15.8. The molecule has 1 aliphatic rings. The standard InChI is InChI=1S/C17H12N3O4S.C7H8I.Po/c21-20(22)16-10-3-4-11-17(16)25(23,24)19-15-9-2-1-7-13(15)14-8-5-6-12-18-14;1-7(8)5-3-2-4-6-7;/h1-12H;3-5H,6H2,1H3;/q-1;;+1. The molecule has 3 aromatic rings. The third-order valence-electron chi connectivity index (χ3n) is 5.09. The second kappa shape index (κ2) is 10.2. The Labute approximate surface area is 224 Å². The van der Waals surface area contributed by atoms with Crippen molar-refractivity contribution in [2.75, 3.05) is 2.20 Å². The SMILES string of the molecule is CC1(I)C=C[C]([Po][N](c2ccccc2-c2ccccn2)S(=O)(=O)c2ccccc2[N+](=O)[O-])=CC1. The second-order valence-electron chi connectivity index (χ2n) is 7.70. The molecule has 0 saturated carbocycles. The normalized spacial score (nSPS) is 17.8. The molecule has 10 heteroatoms. The molecule has 34 heavy (non-hydrogen) atoms. The Hall–Kier alpha value is -2.15. The van der Waals surface area contributed by atoms with Gasteiger partial charge in [0.25, 0.3) is 0 Å². The molecule has 0 spiro atoms. The van der Waals surface area contributed by atoms with Gasteiger partial charge < -0.3 is 0 Å². The number of hydrogen-bond donors (Lipinski definition) is 0. The Kier molecular flexibility index (Phi) is 7.50. The number of allylic oxidation sites excluding steroid dienone is 4. The van der Waals surface area contributed by atoms with Gasteiger partial charge in [-0.1, -0.05) is 0 Å². The number of halogens is 1. The van der Waals surface area contributed by atoms with Gasteiger partial charge in [0.05, 0.1) is 0 Å². The molecule has 1 aliphatic carbocycles. The molecule has 0 amide bonds. The van der Waals surface area contributed by atoms with E-state index in [1.54, 1.807) is 24.4 Å². The summed E-state index contributed by atoms with van der Waals surface area (Å²) >= 11 is 0.423. The van der Waals surface area contributed by atoms with E-state index in [4.69, 9.17) is 0 Å². The second-order valence-corrected chi connectivity index (χ2v) is 16.9. The summed E-state index contributed by atoms with van der Waals surface area (Å²) in [7, 11) is -4.23. The number of hydrogen-bond acceptors (Lipinski definition) is 5. The number of anilines is 1. The third-order valence-corrected chi connectivity index (χ3v) is 13.8. The summed E-state index contributed by atoms with van der Waals surface area (Å²) in [6.07, 6.45) is 8.61.